The highest BCUT2D eigenvalue weighted by molar-refractivity contribution is 6.00. The maximum Gasteiger partial charge on any atom is 0.289 e. The third-order valence-electron chi connectivity index (χ3n) is 5.60. The van der Waals surface area contributed by atoms with Crippen LogP contribution in [0.25, 0.3) is 5.52 Å². The molecule has 2 fully saturated rings. The number of rotatable bonds is 4. The van der Waals surface area contributed by atoms with Crippen LogP contribution in [-0.2, 0) is 0 Å². The fourth-order valence-corrected chi connectivity index (χ4v) is 4.06. The van der Waals surface area contributed by atoms with Crippen LogP contribution in [-0.4, -0.2) is 45.5 Å². The minimum absolute atomic E-state index is 0.0532. The highest BCUT2D eigenvalue weighted by Gasteiger charge is 2.45. The Morgan fingerprint density at radius 1 is 1.15 bits per heavy atom. The normalized spacial score (nSPS) is 22.3. The summed E-state index contributed by atoms with van der Waals surface area (Å²) in [6, 6.07) is 8.98. The second-order valence-electron chi connectivity index (χ2n) is 7.36. The monoisotopic (exact) mass is 364 g/mol. The molecule has 1 aliphatic carbocycles. The summed E-state index contributed by atoms with van der Waals surface area (Å²) in [6.45, 7) is 1.16. The maximum absolute atomic E-state index is 12.9. The molecule has 0 aromatic carbocycles. The third kappa shape index (κ3) is 2.89. The van der Waals surface area contributed by atoms with E-state index >= 15 is 0 Å². The average molecular weight is 364 g/mol. The van der Waals surface area contributed by atoms with Crippen LogP contribution in [0, 0.1) is 11.8 Å². The lowest BCUT2D eigenvalue weighted by Gasteiger charge is -2.18. The summed E-state index contributed by atoms with van der Waals surface area (Å²) in [5, 5.41) is 7.39. The van der Waals surface area contributed by atoms with Crippen molar-refractivity contribution in [1.82, 2.24) is 19.8 Å². The van der Waals surface area contributed by atoms with E-state index in [0.717, 1.165) is 18.4 Å². The Labute approximate surface area is 155 Å². The van der Waals surface area contributed by atoms with Gasteiger partial charge in [-0.1, -0.05) is 6.07 Å². The van der Waals surface area contributed by atoms with Crippen molar-refractivity contribution in [1.29, 1.82) is 0 Å². The lowest BCUT2D eigenvalue weighted by atomic mass is 9.98. The molecule has 7 nitrogen and oxygen atoms in total. The van der Waals surface area contributed by atoms with Crippen LogP contribution >= 0.6 is 0 Å². The second-order valence-corrected chi connectivity index (χ2v) is 7.36. The van der Waals surface area contributed by atoms with Gasteiger partial charge in [-0.25, -0.2) is 4.52 Å². The number of aromatic nitrogens is 2. The van der Waals surface area contributed by atoms with Crippen LogP contribution in [0.15, 0.2) is 53.4 Å². The molecule has 1 saturated carbocycles. The molecule has 1 aliphatic heterocycles. The largest absolute Gasteiger partial charge is 0.459 e. The fourth-order valence-electron chi connectivity index (χ4n) is 4.06. The van der Waals surface area contributed by atoms with Crippen molar-refractivity contribution in [2.45, 2.75) is 18.9 Å². The predicted octanol–water partition coefficient (Wildman–Crippen LogP) is 2.21. The number of pyridine rings is 1. The summed E-state index contributed by atoms with van der Waals surface area (Å²) in [6.07, 6.45) is 7.25. The average Bonchev–Trinajstić information content (AvgIpc) is 3.11. The summed E-state index contributed by atoms with van der Waals surface area (Å²) >= 11 is 0. The van der Waals surface area contributed by atoms with Crippen molar-refractivity contribution >= 4 is 17.3 Å². The molecule has 138 valence electrons. The van der Waals surface area contributed by atoms with Gasteiger partial charge in [0.1, 0.15) is 0 Å². The molecule has 1 N–H and O–H groups in total. The van der Waals surface area contributed by atoms with Gasteiger partial charge >= 0.3 is 0 Å². The van der Waals surface area contributed by atoms with Gasteiger partial charge in [-0.05, 0) is 43.0 Å². The van der Waals surface area contributed by atoms with Gasteiger partial charge in [-0.3, -0.25) is 9.59 Å². The Morgan fingerprint density at radius 2 is 2.04 bits per heavy atom. The molecule has 7 heteroatoms. The standard InChI is InChI=1S/C20H20N4O3/c25-19(14-10-21-24-8-2-1-4-17(14)24)22-16-12-23(11-15(16)13-6-7-13)20(26)18-5-3-9-27-18/h1-5,8-10,13,15-16H,6-7,11-12H2,(H,22,25)/t15-,16+/m1/s1. The summed E-state index contributed by atoms with van der Waals surface area (Å²) in [4.78, 5) is 27.3. The van der Waals surface area contributed by atoms with Gasteiger partial charge in [-0.2, -0.15) is 5.10 Å². The number of nitrogens with one attached hydrogen (secondary N) is 1. The molecule has 1 saturated heterocycles. The van der Waals surface area contributed by atoms with Crippen molar-refractivity contribution in [3.8, 4) is 0 Å². The summed E-state index contributed by atoms with van der Waals surface area (Å²) in [5.41, 5.74) is 1.33. The lowest BCUT2D eigenvalue weighted by Crippen LogP contribution is -2.41. The molecule has 2 atom stereocenters. The number of nitrogens with zero attached hydrogens (tertiary/aromatic N) is 3. The molecule has 0 bridgehead atoms. The zero-order valence-electron chi connectivity index (χ0n) is 14.7. The van der Waals surface area contributed by atoms with Gasteiger partial charge < -0.3 is 14.6 Å². The molecular weight excluding hydrogens is 344 g/mol. The van der Waals surface area contributed by atoms with E-state index in [2.05, 4.69) is 10.4 Å². The molecule has 27 heavy (non-hydrogen) atoms. The van der Waals surface area contributed by atoms with Gasteiger partial charge in [-0.15, -0.1) is 0 Å². The van der Waals surface area contributed by atoms with E-state index in [1.54, 1.807) is 27.7 Å². The predicted molar refractivity (Wildman–Crippen MR) is 97.3 cm³/mol. The fraction of sp³-hybridized carbons (Fsp3) is 0.350. The molecule has 0 radical (unpaired) electrons. The molecule has 3 aromatic rings. The first-order valence-electron chi connectivity index (χ1n) is 9.27. The zero-order chi connectivity index (χ0) is 18.4. The van der Waals surface area contributed by atoms with Gasteiger partial charge in [0, 0.05) is 25.2 Å². The van der Waals surface area contributed by atoms with E-state index in [-0.39, 0.29) is 23.8 Å². The van der Waals surface area contributed by atoms with Crippen LogP contribution in [0.2, 0.25) is 0 Å². The molecule has 2 aliphatic rings. The van der Waals surface area contributed by atoms with Crippen molar-refractivity contribution in [2.24, 2.45) is 11.8 Å². The van der Waals surface area contributed by atoms with Crippen LogP contribution < -0.4 is 5.32 Å². The summed E-state index contributed by atoms with van der Waals surface area (Å²) < 4.78 is 6.94. The minimum atomic E-state index is -0.140. The maximum atomic E-state index is 12.9. The van der Waals surface area contributed by atoms with Crippen LogP contribution in [0.3, 0.4) is 0 Å². The van der Waals surface area contributed by atoms with Crippen LogP contribution in [0.5, 0.6) is 0 Å². The number of hydrogen-bond acceptors (Lipinski definition) is 4. The highest BCUT2D eigenvalue weighted by Crippen LogP contribution is 2.41. The Hall–Kier alpha value is -3.09. The van der Waals surface area contributed by atoms with Crippen molar-refractivity contribution in [3.05, 3.63) is 60.3 Å². The Kier molecular flexibility index (Phi) is 3.74. The Morgan fingerprint density at radius 3 is 2.81 bits per heavy atom. The molecule has 0 spiro atoms. The topological polar surface area (TPSA) is 79.8 Å². The number of furan rings is 1. The lowest BCUT2D eigenvalue weighted by molar-refractivity contribution is 0.0749. The molecule has 2 amide bonds. The zero-order valence-corrected chi connectivity index (χ0v) is 14.7. The highest BCUT2D eigenvalue weighted by atomic mass is 16.3. The number of amides is 2. The van der Waals surface area contributed by atoms with Crippen LogP contribution in [0.1, 0.15) is 33.8 Å². The molecule has 0 unspecified atom stereocenters. The van der Waals surface area contributed by atoms with Crippen molar-refractivity contribution in [2.75, 3.05) is 13.1 Å². The molecule has 3 aromatic heterocycles. The second kappa shape index (κ2) is 6.26. The van der Waals surface area contributed by atoms with Gasteiger partial charge in [0.15, 0.2) is 5.76 Å². The van der Waals surface area contributed by atoms with Gasteiger partial charge in [0.25, 0.3) is 11.8 Å². The summed E-state index contributed by atoms with van der Waals surface area (Å²) in [7, 11) is 0. The number of fused-ring (bicyclic) bond motifs is 1. The number of carbonyl (C=O) groups is 2. The van der Waals surface area contributed by atoms with E-state index in [0.29, 0.717) is 30.3 Å². The number of likely N-dealkylation sites (tertiary alicyclic amines) is 1. The number of carbonyl (C=O) groups excluding carboxylic acids is 2. The Bertz CT molecular complexity index is 990. The first-order valence-corrected chi connectivity index (χ1v) is 9.27. The first kappa shape index (κ1) is 16.1. The van der Waals surface area contributed by atoms with Gasteiger partial charge in [0.2, 0.25) is 0 Å². The molecular formula is C20H20N4O3. The van der Waals surface area contributed by atoms with E-state index < -0.39 is 0 Å². The smallest absolute Gasteiger partial charge is 0.289 e. The van der Waals surface area contributed by atoms with Crippen molar-refractivity contribution < 1.29 is 14.0 Å². The quantitative estimate of drug-likeness (QED) is 0.770. The minimum Gasteiger partial charge on any atom is -0.459 e. The van der Waals surface area contributed by atoms with E-state index in [1.165, 1.54) is 6.26 Å². The number of hydrogen-bond donors (Lipinski definition) is 1. The Balaban J connectivity index is 1.35. The van der Waals surface area contributed by atoms with Crippen LogP contribution in [0.4, 0.5) is 0 Å². The molecule has 5 rings (SSSR count). The summed E-state index contributed by atoms with van der Waals surface area (Å²) in [5.74, 6) is 0.958. The first-order chi connectivity index (χ1) is 13.2. The molecule has 4 heterocycles. The van der Waals surface area contributed by atoms with E-state index in [1.807, 2.05) is 24.4 Å². The van der Waals surface area contributed by atoms with Crippen molar-refractivity contribution in [3.63, 3.8) is 0 Å². The van der Waals surface area contributed by atoms with E-state index in [4.69, 9.17) is 4.42 Å². The third-order valence-corrected chi connectivity index (χ3v) is 5.60. The SMILES string of the molecule is O=C(N[C@H]1CN(C(=O)c2ccco2)C[C@@H]1C1CC1)c1cnn2ccccc12. The van der Waals surface area contributed by atoms with E-state index in [9.17, 15) is 9.59 Å². The van der Waals surface area contributed by atoms with Gasteiger partial charge in [0.05, 0.1) is 29.6 Å².